The molecule has 1 aromatic carbocycles. The molecule has 7 nitrogen and oxygen atoms in total. The zero-order valence-electron chi connectivity index (χ0n) is 15.7. The van der Waals surface area contributed by atoms with Crippen LogP contribution in [0, 0.1) is 0 Å². The molecule has 0 radical (unpaired) electrons. The molecule has 2 heterocycles. The van der Waals surface area contributed by atoms with Crippen molar-refractivity contribution in [2.45, 2.75) is 31.8 Å². The Labute approximate surface area is 168 Å². The molecule has 154 valence electrons. The van der Waals surface area contributed by atoms with E-state index >= 15 is 0 Å². The van der Waals surface area contributed by atoms with Crippen LogP contribution >= 0.6 is 11.3 Å². The average Bonchev–Trinajstić information content (AvgIpc) is 3.14. The summed E-state index contributed by atoms with van der Waals surface area (Å²) in [6.45, 7) is 4.78. The van der Waals surface area contributed by atoms with Crippen LogP contribution in [0.1, 0.15) is 24.8 Å². The SMILES string of the molecule is O=C(O)C(=O)O.OC1CCN(CCCOCCc2ccc3sccc3c2)CC1. The minimum Gasteiger partial charge on any atom is -0.473 e. The maximum atomic E-state index is 9.48. The van der Waals surface area contributed by atoms with Gasteiger partial charge in [-0.05, 0) is 54.1 Å². The van der Waals surface area contributed by atoms with Gasteiger partial charge in [0.05, 0.1) is 12.7 Å². The summed E-state index contributed by atoms with van der Waals surface area (Å²) in [5.74, 6) is -3.65. The first kappa shape index (κ1) is 22.3. The van der Waals surface area contributed by atoms with Gasteiger partial charge in [-0.3, -0.25) is 0 Å². The van der Waals surface area contributed by atoms with E-state index in [-0.39, 0.29) is 6.10 Å². The van der Waals surface area contributed by atoms with Crippen molar-refractivity contribution in [2.75, 3.05) is 32.8 Å². The Morgan fingerprint density at radius 1 is 1.11 bits per heavy atom. The zero-order valence-corrected chi connectivity index (χ0v) is 16.6. The maximum absolute atomic E-state index is 9.48. The molecule has 1 fully saturated rings. The van der Waals surface area contributed by atoms with E-state index in [1.807, 2.05) is 0 Å². The van der Waals surface area contributed by atoms with Crippen LogP contribution in [0.2, 0.25) is 0 Å². The summed E-state index contributed by atoms with van der Waals surface area (Å²) >= 11 is 1.79. The number of hydrogen-bond donors (Lipinski definition) is 3. The van der Waals surface area contributed by atoms with Crippen molar-refractivity contribution < 1.29 is 29.6 Å². The number of rotatable bonds is 7. The lowest BCUT2D eigenvalue weighted by molar-refractivity contribution is -0.159. The number of carboxylic acid groups (broad SMARTS) is 2. The fourth-order valence-electron chi connectivity index (χ4n) is 3.00. The molecule has 0 atom stereocenters. The topological polar surface area (TPSA) is 107 Å². The molecule has 3 rings (SSSR count). The predicted molar refractivity (Wildman–Crippen MR) is 108 cm³/mol. The normalized spacial score (nSPS) is 15.2. The summed E-state index contributed by atoms with van der Waals surface area (Å²) < 4.78 is 7.13. The molecule has 1 aromatic heterocycles. The Morgan fingerprint density at radius 2 is 1.82 bits per heavy atom. The molecule has 0 amide bonds. The summed E-state index contributed by atoms with van der Waals surface area (Å²) in [4.78, 5) is 20.6. The third-order valence-electron chi connectivity index (χ3n) is 4.55. The van der Waals surface area contributed by atoms with E-state index in [2.05, 4.69) is 34.5 Å². The quantitative estimate of drug-likeness (QED) is 0.476. The molecular formula is C20H27NO6S. The van der Waals surface area contributed by atoms with Gasteiger partial charge in [0.25, 0.3) is 0 Å². The summed E-state index contributed by atoms with van der Waals surface area (Å²) in [6, 6.07) is 8.87. The van der Waals surface area contributed by atoms with E-state index in [1.165, 1.54) is 15.6 Å². The molecule has 28 heavy (non-hydrogen) atoms. The van der Waals surface area contributed by atoms with Crippen molar-refractivity contribution in [3.63, 3.8) is 0 Å². The van der Waals surface area contributed by atoms with Crippen molar-refractivity contribution in [2.24, 2.45) is 0 Å². The lowest BCUT2D eigenvalue weighted by Crippen LogP contribution is -2.36. The number of aliphatic hydroxyl groups is 1. The van der Waals surface area contributed by atoms with Crippen LogP contribution < -0.4 is 0 Å². The number of ether oxygens (including phenoxy) is 1. The second-order valence-corrected chi connectivity index (χ2v) is 7.64. The van der Waals surface area contributed by atoms with Gasteiger partial charge >= 0.3 is 11.9 Å². The van der Waals surface area contributed by atoms with Gasteiger partial charge in [-0.15, -0.1) is 11.3 Å². The second kappa shape index (κ2) is 11.8. The lowest BCUT2D eigenvalue weighted by Gasteiger charge is -2.29. The predicted octanol–water partition coefficient (Wildman–Crippen LogP) is 2.46. The van der Waals surface area contributed by atoms with Crippen LogP contribution in [-0.4, -0.2) is 71.1 Å². The smallest absolute Gasteiger partial charge is 0.414 e. The third kappa shape index (κ3) is 7.93. The standard InChI is InChI=1S/C18H25NO2S.C2H2O4/c20-17-4-9-19(10-5-17)8-1-11-21-12-6-15-2-3-18-16(14-15)7-13-22-18;3-1(4)2(5)6/h2-3,7,13-14,17,20H,1,4-6,8-12H2;(H,3,4)(H,5,6). The van der Waals surface area contributed by atoms with E-state index in [1.54, 1.807) is 11.3 Å². The number of piperidine rings is 1. The Kier molecular flexibility index (Phi) is 9.36. The first-order valence-electron chi connectivity index (χ1n) is 9.36. The van der Waals surface area contributed by atoms with Crippen molar-refractivity contribution in [1.82, 2.24) is 4.90 Å². The first-order valence-corrected chi connectivity index (χ1v) is 10.2. The largest absolute Gasteiger partial charge is 0.473 e. The fraction of sp³-hybridized carbons (Fsp3) is 0.500. The monoisotopic (exact) mass is 409 g/mol. The van der Waals surface area contributed by atoms with Gasteiger partial charge in [0.1, 0.15) is 0 Å². The van der Waals surface area contributed by atoms with Crippen LogP contribution in [0.5, 0.6) is 0 Å². The fourth-order valence-corrected chi connectivity index (χ4v) is 3.77. The summed E-state index contributed by atoms with van der Waals surface area (Å²) in [5.41, 5.74) is 1.36. The number of nitrogens with zero attached hydrogens (tertiary/aromatic N) is 1. The average molecular weight is 410 g/mol. The third-order valence-corrected chi connectivity index (χ3v) is 5.45. The molecule has 3 N–H and O–H groups in total. The van der Waals surface area contributed by atoms with E-state index in [0.29, 0.717) is 0 Å². The van der Waals surface area contributed by atoms with Crippen LogP contribution in [0.25, 0.3) is 10.1 Å². The highest BCUT2D eigenvalue weighted by molar-refractivity contribution is 7.17. The van der Waals surface area contributed by atoms with Crippen molar-refractivity contribution in [3.05, 3.63) is 35.2 Å². The van der Waals surface area contributed by atoms with Gasteiger partial charge in [0.15, 0.2) is 0 Å². The number of thiophene rings is 1. The number of carbonyl (C=O) groups is 2. The Morgan fingerprint density at radius 3 is 2.50 bits per heavy atom. The molecule has 1 saturated heterocycles. The van der Waals surface area contributed by atoms with Gasteiger partial charge < -0.3 is 25.0 Å². The van der Waals surface area contributed by atoms with Gasteiger partial charge in [-0.1, -0.05) is 12.1 Å². The van der Waals surface area contributed by atoms with Gasteiger partial charge in [-0.25, -0.2) is 9.59 Å². The van der Waals surface area contributed by atoms with E-state index in [0.717, 1.165) is 58.5 Å². The number of aliphatic hydroxyl groups excluding tert-OH is 1. The highest BCUT2D eigenvalue weighted by Crippen LogP contribution is 2.21. The van der Waals surface area contributed by atoms with Crippen molar-refractivity contribution in [3.8, 4) is 0 Å². The molecule has 2 aromatic rings. The number of fused-ring (bicyclic) bond motifs is 1. The van der Waals surface area contributed by atoms with Crippen molar-refractivity contribution >= 4 is 33.4 Å². The van der Waals surface area contributed by atoms with Gasteiger partial charge in [-0.2, -0.15) is 0 Å². The number of likely N-dealkylation sites (tertiary alicyclic amines) is 1. The van der Waals surface area contributed by atoms with Gasteiger partial charge in [0.2, 0.25) is 0 Å². The molecule has 1 aliphatic heterocycles. The maximum Gasteiger partial charge on any atom is 0.414 e. The molecule has 1 aliphatic rings. The van der Waals surface area contributed by atoms with Crippen LogP contribution in [0.3, 0.4) is 0 Å². The molecule has 0 spiro atoms. The molecule has 0 unspecified atom stereocenters. The van der Waals surface area contributed by atoms with Crippen LogP contribution in [0.4, 0.5) is 0 Å². The number of hydrogen-bond acceptors (Lipinski definition) is 6. The first-order chi connectivity index (χ1) is 13.5. The Bertz CT molecular complexity index is 742. The van der Waals surface area contributed by atoms with Gasteiger partial charge in [0, 0.05) is 30.9 Å². The van der Waals surface area contributed by atoms with E-state index in [4.69, 9.17) is 24.5 Å². The van der Waals surface area contributed by atoms with Crippen LogP contribution in [0.15, 0.2) is 29.6 Å². The minimum atomic E-state index is -1.82. The number of benzene rings is 1. The molecule has 0 bridgehead atoms. The Hall–Kier alpha value is -2.00. The number of aliphatic carboxylic acids is 2. The Balaban J connectivity index is 0.000000409. The number of carboxylic acids is 2. The highest BCUT2D eigenvalue weighted by Gasteiger charge is 2.15. The minimum absolute atomic E-state index is 0.0759. The highest BCUT2D eigenvalue weighted by atomic mass is 32.1. The summed E-state index contributed by atoms with van der Waals surface area (Å²) in [6.07, 6.45) is 3.84. The van der Waals surface area contributed by atoms with E-state index in [9.17, 15) is 5.11 Å². The summed E-state index contributed by atoms with van der Waals surface area (Å²) in [5, 5.41) is 27.7. The molecule has 0 aliphatic carbocycles. The lowest BCUT2D eigenvalue weighted by atomic mass is 10.1. The second-order valence-electron chi connectivity index (χ2n) is 6.69. The summed E-state index contributed by atoms with van der Waals surface area (Å²) in [7, 11) is 0. The van der Waals surface area contributed by atoms with Crippen LogP contribution in [-0.2, 0) is 20.7 Å². The molecule has 0 saturated carbocycles. The zero-order chi connectivity index (χ0) is 20.4. The molecular weight excluding hydrogens is 382 g/mol. The molecule has 8 heteroatoms. The van der Waals surface area contributed by atoms with Crippen molar-refractivity contribution in [1.29, 1.82) is 0 Å². The van der Waals surface area contributed by atoms with E-state index < -0.39 is 11.9 Å².